The number of amides is 4. The van der Waals surface area contributed by atoms with Gasteiger partial charge in [-0.2, -0.15) is 0 Å². The lowest BCUT2D eigenvalue weighted by Gasteiger charge is -2.32. The van der Waals surface area contributed by atoms with E-state index in [1.807, 2.05) is 13.8 Å². The molecular formula is C32H54N4O7. The van der Waals surface area contributed by atoms with Crippen LogP contribution in [-0.4, -0.2) is 72.1 Å². The molecule has 11 heteroatoms. The van der Waals surface area contributed by atoms with Crippen LogP contribution in [0.4, 0.5) is 0 Å². The fourth-order valence-corrected chi connectivity index (χ4v) is 4.62. The average molecular weight is 607 g/mol. The van der Waals surface area contributed by atoms with Gasteiger partial charge in [0.05, 0.1) is 0 Å². The minimum atomic E-state index is -1.17. The van der Waals surface area contributed by atoms with E-state index >= 15 is 0 Å². The number of nitrogens with two attached hydrogens (primary N) is 1. The highest BCUT2D eigenvalue weighted by molar-refractivity contribution is 5.86. The molecule has 0 aliphatic heterocycles. The van der Waals surface area contributed by atoms with E-state index in [-0.39, 0.29) is 56.4 Å². The van der Waals surface area contributed by atoms with Crippen molar-refractivity contribution in [3.8, 4) is 5.75 Å². The molecule has 0 aliphatic carbocycles. The molecule has 1 aromatic rings. The molecule has 244 valence electrons. The third kappa shape index (κ3) is 15.2. The summed E-state index contributed by atoms with van der Waals surface area (Å²) in [7, 11) is 0. The van der Waals surface area contributed by atoms with Gasteiger partial charge in [0.25, 0.3) is 5.91 Å². The number of carbonyl (C=O) groups is 4. The van der Waals surface area contributed by atoms with Crippen LogP contribution < -0.4 is 16.4 Å². The Hall–Kier alpha value is -3.18. The molecule has 1 aromatic carbocycles. The van der Waals surface area contributed by atoms with Crippen molar-refractivity contribution in [2.24, 2.45) is 5.73 Å². The Morgan fingerprint density at radius 2 is 1.33 bits per heavy atom. The molecule has 0 aliphatic rings. The number of phenolic OH excluding ortho intramolecular Hbond substituents is 1. The van der Waals surface area contributed by atoms with Gasteiger partial charge in [0.2, 0.25) is 17.7 Å². The van der Waals surface area contributed by atoms with Crippen LogP contribution in [0.15, 0.2) is 18.2 Å². The number of nitrogens with zero attached hydrogens (tertiary/aromatic N) is 1. The van der Waals surface area contributed by atoms with Crippen molar-refractivity contribution in [2.45, 2.75) is 111 Å². The number of unbranched alkanes of at least 4 members (excludes halogenated alkanes) is 4. The van der Waals surface area contributed by atoms with Crippen LogP contribution in [0.3, 0.4) is 0 Å². The fourth-order valence-electron chi connectivity index (χ4n) is 4.62. The molecule has 5 N–H and O–H groups in total. The van der Waals surface area contributed by atoms with Crippen LogP contribution in [0.25, 0.3) is 0 Å². The summed E-state index contributed by atoms with van der Waals surface area (Å²) in [5.74, 6) is -1.48. The third-order valence-corrected chi connectivity index (χ3v) is 7.13. The SMILES string of the molecule is CCCCN(CCCC)C(=O)COCC(=O)NCc1cc(O)cc(CNC(=O)C(CCCC)(CCCC)OCC(N)=O)c1. The summed E-state index contributed by atoms with van der Waals surface area (Å²) in [6.45, 7) is 9.05. The van der Waals surface area contributed by atoms with E-state index in [9.17, 15) is 24.3 Å². The van der Waals surface area contributed by atoms with Gasteiger partial charge in [-0.05, 0) is 48.9 Å². The zero-order chi connectivity index (χ0) is 32.1. The largest absolute Gasteiger partial charge is 0.508 e. The zero-order valence-corrected chi connectivity index (χ0v) is 26.7. The van der Waals surface area contributed by atoms with Crippen LogP contribution in [-0.2, 0) is 41.7 Å². The van der Waals surface area contributed by atoms with E-state index in [0.29, 0.717) is 37.1 Å². The Labute approximate surface area is 257 Å². The normalized spacial score (nSPS) is 11.3. The molecule has 4 amide bonds. The predicted octanol–water partition coefficient (Wildman–Crippen LogP) is 3.69. The molecule has 0 aromatic heterocycles. The average Bonchev–Trinajstić information content (AvgIpc) is 2.98. The van der Waals surface area contributed by atoms with E-state index in [2.05, 4.69) is 24.5 Å². The maximum absolute atomic E-state index is 13.4. The third-order valence-electron chi connectivity index (χ3n) is 7.13. The zero-order valence-electron chi connectivity index (χ0n) is 26.7. The second-order valence-electron chi connectivity index (χ2n) is 11.0. The Balaban J connectivity index is 2.73. The summed E-state index contributed by atoms with van der Waals surface area (Å²) in [6.07, 6.45) is 7.98. The molecule has 0 bridgehead atoms. The Morgan fingerprint density at radius 3 is 1.84 bits per heavy atom. The van der Waals surface area contributed by atoms with Crippen molar-refractivity contribution >= 4 is 23.6 Å². The second kappa shape index (κ2) is 21.5. The summed E-state index contributed by atoms with van der Waals surface area (Å²) >= 11 is 0. The maximum atomic E-state index is 13.4. The Kier molecular flexibility index (Phi) is 18.9. The number of nitrogens with one attached hydrogen (secondary N) is 2. The van der Waals surface area contributed by atoms with E-state index in [1.165, 1.54) is 12.1 Å². The topological polar surface area (TPSA) is 160 Å². The molecule has 0 atom stereocenters. The van der Waals surface area contributed by atoms with Crippen molar-refractivity contribution in [1.82, 2.24) is 15.5 Å². The van der Waals surface area contributed by atoms with Crippen LogP contribution in [0.1, 0.15) is 103 Å². The minimum absolute atomic E-state index is 0.00898. The van der Waals surface area contributed by atoms with Crippen LogP contribution in [0.2, 0.25) is 0 Å². The van der Waals surface area contributed by atoms with Crippen molar-refractivity contribution < 1.29 is 33.8 Å². The molecule has 0 heterocycles. The lowest BCUT2D eigenvalue weighted by molar-refractivity contribution is -0.154. The monoisotopic (exact) mass is 606 g/mol. The maximum Gasteiger partial charge on any atom is 0.252 e. The van der Waals surface area contributed by atoms with Gasteiger partial charge < -0.3 is 35.8 Å². The van der Waals surface area contributed by atoms with E-state index in [4.69, 9.17) is 15.2 Å². The number of benzene rings is 1. The highest BCUT2D eigenvalue weighted by atomic mass is 16.5. The van der Waals surface area contributed by atoms with Gasteiger partial charge in [-0.15, -0.1) is 0 Å². The Morgan fingerprint density at radius 1 is 0.791 bits per heavy atom. The number of aromatic hydroxyl groups is 1. The lowest BCUT2D eigenvalue weighted by atomic mass is 9.89. The molecule has 0 fully saturated rings. The molecule has 0 radical (unpaired) electrons. The number of hydrogen-bond donors (Lipinski definition) is 4. The first kappa shape index (κ1) is 37.8. The molecule has 1 rings (SSSR count). The van der Waals surface area contributed by atoms with Crippen molar-refractivity contribution in [2.75, 3.05) is 32.9 Å². The molecule has 0 spiro atoms. The first-order valence-electron chi connectivity index (χ1n) is 15.7. The summed E-state index contributed by atoms with van der Waals surface area (Å²) in [5, 5.41) is 15.9. The lowest BCUT2D eigenvalue weighted by Crippen LogP contribution is -2.50. The van der Waals surface area contributed by atoms with Crippen molar-refractivity contribution in [3.05, 3.63) is 29.3 Å². The quantitative estimate of drug-likeness (QED) is 0.140. The Bertz CT molecular complexity index is 986. The standard InChI is InChI=1S/C32H54N4O7/c1-5-9-13-32(14-10-6-2,43-22-28(33)38)31(41)35-21-26-17-25(18-27(37)19-26)20-34-29(39)23-42-24-30(40)36(15-11-7-3)16-12-8-4/h17-19,37H,5-16,20-24H2,1-4H3,(H2,33,38)(H,34,39)(H,35,41). The second-order valence-corrected chi connectivity index (χ2v) is 11.0. The number of phenols is 1. The van der Waals surface area contributed by atoms with Crippen LogP contribution in [0.5, 0.6) is 5.75 Å². The smallest absolute Gasteiger partial charge is 0.252 e. The predicted molar refractivity (Wildman–Crippen MR) is 166 cm³/mol. The number of hydrogen-bond acceptors (Lipinski definition) is 7. The van der Waals surface area contributed by atoms with Crippen molar-refractivity contribution in [3.63, 3.8) is 0 Å². The summed E-state index contributed by atoms with van der Waals surface area (Å²) < 4.78 is 11.2. The molecule has 11 nitrogen and oxygen atoms in total. The van der Waals surface area contributed by atoms with Gasteiger partial charge in [-0.1, -0.05) is 72.3 Å². The molecule has 0 saturated carbocycles. The van der Waals surface area contributed by atoms with Gasteiger partial charge in [-0.25, -0.2) is 0 Å². The van der Waals surface area contributed by atoms with Crippen LogP contribution >= 0.6 is 0 Å². The van der Waals surface area contributed by atoms with Gasteiger partial charge in [0.15, 0.2) is 0 Å². The van der Waals surface area contributed by atoms with Gasteiger partial charge in [0.1, 0.15) is 31.2 Å². The first-order chi connectivity index (χ1) is 20.6. The summed E-state index contributed by atoms with van der Waals surface area (Å²) in [6, 6.07) is 4.83. The first-order valence-corrected chi connectivity index (χ1v) is 15.7. The van der Waals surface area contributed by atoms with Gasteiger partial charge in [-0.3, -0.25) is 19.2 Å². The fraction of sp³-hybridized carbons (Fsp3) is 0.688. The van der Waals surface area contributed by atoms with E-state index < -0.39 is 11.5 Å². The van der Waals surface area contributed by atoms with Crippen LogP contribution in [0, 0.1) is 0 Å². The summed E-state index contributed by atoms with van der Waals surface area (Å²) in [4.78, 5) is 51.5. The molecule has 43 heavy (non-hydrogen) atoms. The summed E-state index contributed by atoms with van der Waals surface area (Å²) in [5.41, 5.74) is 5.41. The van der Waals surface area contributed by atoms with E-state index in [1.54, 1.807) is 11.0 Å². The number of rotatable bonds is 24. The number of carbonyl (C=O) groups excluding carboxylic acids is 4. The highest BCUT2D eigenvalue weighted by Gasteiger charge is 2.38. The molecule has 0 unspecified atom stereocenters. The number of ether oxygens (including phenoxy) is 2. The van der Waals surface area contributed by atoms with Gasteiger partial charge in [0, 0.05) is 26.2 Å². The van der Waals surface area contributed by atoms with Crippen molar-refractivity contribution in [1.29, 1.82) is 0 Å². The minimum Gasteiger partial charge on any atom is -0.508 e. The van der Waals surface area contributed by atoms with Gasteiger partial charge >= 0.3 is 0 Å². The highest BCUT2D eigenvalue weighted by Crippen LogP contribution is 2.27. The molecule has 0 saturated heterocycles. The number of primary amides is 1. The molecular weight excluding hydrogens is 552 g/mol. The van der Waals surface area contributed by atoms with E-state index in [0.717, 1.165) is 51.4 Å².